The fourth-order valence-electron chi connectivity index (χ4n) is 2.60. The van der Waals surface area contributed by atoms with Gasteiger partial charge in [-0.1, -0.05) is 30.3 Å². The first kappa shape index (κ1) is 17.9. The predicted octanol–water partition coefficient (Wildman–Crippen LogP) is -0.285. The number of methoxy groups -OCH3 is 1. The fraction of sp³-hybridized carbons (Fsp3) is 0.158. The molecule has 4 nitrogen and oxygen atoms in total. The zero-order valence-electron chi connectivity index (χ0n) is 13.4. The average molecular weight is 343 g/mol. The number of aromatic nitrogens is 1. The molecular formula is C19H19ClN2O2. The first-order chi connectivity index (χ1) is 11.3. The third-order valence-electron chi connectivity index (χ3n) is 3.83. The van der Waals surface area contributed by atoms with Crippen LogP contribution in [0.2, 0.25) is 0 Å². The highest BCUT2D eigenvalue weighted by Gasteiger charge is 2.10. The average Bonchev–Trinajstić information content (AvgIpc) is 2.62. The van der Waals surface area contributed by atoms with Crippen LogP contribution in [0.15, 0.2) is 60.9 Å². The summed E-state index contributed by atoms with van der Waals surface area (Å²) in [7, 11) is 1.60. The smallest absolute Gasteiger partial charge is 0.168 e. The van der Waals surface area contributed by atoms with Crippen LogP contribution in [0.4, 0.5) is 5.69 Å². The SMILES string of the molecule is COc1cccc(C(=O)CC[NH2+]c2cncc3ccccc23)c1.[Cl-]. The van der Waals surface area contributed by atoms with Crippen molar-refractivity contribution in [3.63, 3.8) is 0 Å². The zero-order chi connectivity index (χ0) is 16.1. The number of pyridine rings is 1. The highest BCUT2D eigenvalue weighted by molar-refractivity contribution is 5.96. The number of nitrogens with zero attached hydrogens (tertiary/aromatic N) is 1. The minimum absolute atomic E-state index is 0. The van der Waals surface area contributed by atoms with Gasteiger partial charge in [0.05, 0.1) is 26.3 Å². The van der Waals surface area contributed by atoms with E-state index >= 15 is 0 Å². The molecular weight excluding hydrogens is 324 g/mol. The number of carbonyl (C=O) groups is 1. The number of rotatable bonds is 6. The first-order valence-corrected chi connectivity index (χ1v) is 7.61. The van der Waals surface area contributed by atoms with Crippen molar-refractivity contribution in [1.29, 1.82) is 0 Å². The van der Waals surface area contributed by atoms with E-state index in [9.17, 15) is 4.79 Å². The molecule has 1 aromatic heterocycles. The van der Waals surface area contributed by atoms with Crippen molar-refractivity contribution in [2.45, 2.75) is 6.42 Å². The third-order valence-corrected chi connectivity index (χ3v) is 3.83. The molecule has 0 aliphatic rings. The number of quaternary nitrogens is 1. The first-order valence-electron chi connectivity index (χ1n) is 7.61. The van der Waals surface area contributed by atoms with Crippen LogP contribution in [0, 0.1) is 0 Å². The van der Waals surface area contributed by atoms with Crippen molar-refractivity contribution >= 4 is 22.2 Å². The number of halogens is 1. The minimum atomic E-state index is 0. The van der Waals surface area contributed by atoms with Gasteiger partial charge in [-0.25, -0.2) is 0 Å². The molecule has 0 aliphatic heterocycles. The summed E-state index contributed by atoms with van der Waals surface area (Å²) in [5.74, 6) is 0.825. The Balaban J connectivity index is 0.00000208. The van der Waals surface area contributed by atoms with E-state index in [1.54, 1.807) is 13.2 Å². The second-order valence-electron chi connectivity index (χ2n) is 5.35. The second kappa shape index (κ2) is 8.43. The Kier molecular flexibility index (Phi) is 6.29. The van der Waals surface area contributed by atoms with Gasteiger partial charge in [-0.05, 0) is 18.2 Å². The number of Topliss-reactive ketones (excluding diaryl/α,β-unsaturated/α-hetero) is 1. The van der Waals surface area contributed by atoms with Crippen LogP contribution in [-0.2, 0) is 0 Å². The van der Waals surface area contributed by atoms with E-state index in [0.717, 1.165) is 16.5 Å². The Morgan fingerprint density at radius 2 is 1.96 bits per heavy atom. The second-order valence-corrected chi connectivity index (χ2v) is 5.35. The molecule has 5 heteroatoms. The van der Waals surface area contributed by atoms with E-state index in [-0.39, 0.29) is 18.2 Å². The maximum atomic E-state index is 12.3. The maximum Gasteiger partial charge on any atom is 0.168 e. The molecule has 24 heavy (non-hydrogen) atoms. The van der Waals surface area contributed by atoms with Gasteiger partial charge in [0.2, 0.25) is 0 Å². The molecule has 0 bridgehead atoms. The molecule has 3 rings (SSSR count). The molecule has 0 saturated carbocycles. The van der Waals surface area contributed by atoms with Gasteiger partial charge in [0.1, 0.15) is 5.75 Å². The number of fused-ring (bicyclic) bond motifs is 1. The molecule has 0 unspecified atom stereocenters. The molecule has 2 aromatic carbocycles. The summed E-state index contributed by atoms with van der Waals surface area (Å²) in [6, 6.07) is 15.4. The lowest BCUT2D eigenvalue weighted by Crippen LogP contribution is -3.00. The van der Waals surface area contributed by atoms with E-state index in [0.29, 0.717) is 24.3 Å². The Hall–Kier alpha value is -2.43. The van der Waals surface area contributed by atoms with E-state index in [1.165, 1.54) is 0 Å². The van der Waals surface area contributed by atoms with Crippen molar-refractivity contribution in [3.05, 3.63) is 66.5 Å². The van der Waals surface area contributed by atoms with Gasteiger partial charge < -0.3 is 22.5 Å². The molecule has 1 heterocycles. The summed E-state index contributed by atoms with van der Waals surface area (Å²) in [5, 5.41) is 4.35. The van der Waals surface area contributed by atoms with Gasteiger partial charge in [0, 0.05) is 22.5 Å². The molecule has 0 spiro atoms. The van der Waals surface area contributed by atoms with Crippen LogP contribution in [0.25, 0.3) is 10.8 Å². The van der Waals surface area contributed by atoms with Crippen molar-refractivity contribution in [2.75, 3.05) is 13.7 Å². The molecule has 0 amide bonds. The molecule has 0 radical (unpaired) electrons. The Morgan fingerprint density at radius 1 is 1.12 bits per heavy atom. The molecule has 0 aliphatic carbocycles. The Bertz CT molecular complexity index is 831. The predicted molar refractivity (Wildman–Crippen MR) is 90.1 cm³/mol. The molecule has 3 aromatic rings. The Labute approximate surface area is 147 Å². The van der Waals surface area contributed by atoms with E-state index in [4.69, 9.17) is 4.74 Å². The summed E-state index contributed by atoms with van der Waals surface area (Å²) in [4.78, 5) is 16.5. The summed E-state index contributed by atoms with van der Waals surface area (Å²) in [6.45, 7) is 0.686. The van der Waals surface area contributed by atoms with Gasteiger partial charge in [-0.15, -0.1) is 0 Å². The number of benzene rings is 2. The van der Waals surface area contributed by atoms with Crippen LogP contribution in [0.3, 0.4) is 0 Å². The lowest BCUT2D eigenvalue weighted by molar-refractivity contribution is -0.568. The van der Waals surface area contributed by atoms with E-state index in [1.807, 2.05) is 48.8 Å². The fourth-order valence-corrected chi connectivity index (χ4v) is 2.60. The largest absolute Gasteiger partial charge is 1.00 e. The molecule has 0 fully saturated rings. The van der Waals surface area contributed by atoms with Crippen LogP contribution in [0.5, 0.6) is 5.75 Å². The third kappa shape index (κ3) is 4.10. The van der Waals surface area contributed by atoms with Crippen LogP contribution in [0.1, 0.15) is 16.8 Å². The number of ether oxygens (including phenoxy) is 1. The van der Waals surface area contributed by atoms with Gasteiger partial charge in [-0.2, -0.15) is 0 Å². The standard InChI is InChI=1S/C19H18N2O2.ClH/c1-23-16-7-4-6-14(11-16)19(22)9-10-21-18-13-20-12-15-5-2-3-8-17(15)18;/h2-8,11-13,21H,9-10H2,1H3;1H. The molecule has 0 atom stereocenters. The quantitative estimate of drug-likeness (QED) is 0.627. The molecule has 124 valence electrons. The number of hydrogen-bond donors (Lipinski definition) is 1. The normalized spacial score (nSPS) is 10.2. The molecule has 2 N–H and O–H groups in total. The van der Waals surface area contributed by atoms with E-state index < -0.39 is 0 Å². The van der Waals surface area contributed by atoms with E-state index in [2.05, 4.69) is 16.4 Å². The monoisotopic (exact) mass is 342 g/mol. The minimum Gasteiger partial charge on any atom is -1.00 e. The number of carbonyl (C=O) groups excluding carboxylic acids is 1. The number of nitrogens with two attached hydrogens (primary N) is 1. The topological polar surface area (TPSA) is 55.8 Å². The van der Waals surface area contributed by atoms with Crippen molar-refractivity contribution in [2.24, 2.45) is 0 Å². The molecule has 0 saturated heterocycles. The highest BCUT2D eigenvalue weighted by Crippen LogP contribution is 2.17. The maximum absolute atomic E-state index is 12.3. The highest BCUT2D eigenvalue weighted by atomic mass is 35.5. The van der Waals surface area contributed by atoms with Gasteiger partial charge in [0.15, 0.2) is 11.5 Å². The van der Waals surface area contributed by atoms with Crippen LogP contribution >= 0.6 is 0 Å². The van der Waals surface area contributed by atoms with Gasteiger partial charge in [0.25, 0.3) is 0 Å². The van der Waals surface area contributed by atoms with Gasteiger partial charge in [-0.3, -0.25) is 9.78 Å². The summed E-state index contributed by atoms with van der Waals surface area (Å²) >= 11 is 0. The van der Waals surface area contributed by atoms with Crippen molar-refractivity contribution in [1.82, 2.24) is 4.98 Å². The summed E-state index contributed by atoms with van der Waals surface area (Å²) < 4.78 is 5.16. The van der Waals surface area contributed by atoms with Crippen LogP contribution < -0.4 is 22.5 Å². The number of ketones is 1. The van der Waals surface area contributed by atoms with Crippen molar-refractivity contribution < 1.29 is 27.3 Å². The zero-order valence-corrected chi connectivity index (χ0v) is 14.2. The lowest BCUT2D eigenvalue weighted by atomic mass is 10.1. The van der Waals surface area contributed by atoms with Gasteiger partial charge >= 0.3 is 0 Å². The van der Waals surface area contributed by atoms with Crippen molar-refractivity contribution in [3.8, 4) is 5.75 Å². The Morgan fingerprint density at radius 3 is 2.79 bits per heavy atom. The lowest BCUT2D eigenvalue weighted by Gasteiger charge is -2.05. The summed E-state index contributed by atoms with van der Waals surface area (Å²) in [6.07, 6.45) is 4.17. The van der Waals surface area contributed by atoms with Crippen LogP contribution in [-0.4, -0.2) is 24.4 Å². The number of hydrogen-bond acceptors (Lipinski definition) is 3. The summed E-state index contributed by atoms with van der Waals surface area (Å²) in [5.41, 5.74) is 1.76.